The van der Waals surface area contributed by atoms with Gasteiger partial charge in [0, 0.05) is 23.8 Å². The quantitative estimate of drug-likeness (QED) is 0.746. The fraction of sp³-hybridized carbons (Fsp3) is 0.300. The van der Waals surface area contributed by atoms with Gasteiger partial charge in [-0.25, -0.2) is 4.79 Å². The largest absolute Gasteiger partial charge is 0.484 e. The van der Waals surface area contributed by atoms with Crippen molar-refractivity contribution >= 4 is 34.9 Å². The van der Waals surface area contributed by atoms with Gasteiger partial charge in [-0.1, -0.05) is 17.7 Å². The van der Waals surface area contributed by atoms with E-state index in [1.807, 2.05) is 6.07 Å². The van der Waals surface area contributed by atoms with Crippen molar-refractivity contribution in [3.8, 4) is 5.75 Å². The van der Waals surface area contributed by atoms with Gasteiger partial charge < -0.3 is 24.4 Å². The number of carbonyl (C=O) groups is 2. The third-order valence-corrected chi connectivity index (χ3v) is 4.46. The standard InChI is InChI=1S/C20H21ClN2O5/c1-26-20(25)17-12-15(23-7-9-27-10-8-23)5-6-18(17)22-19(24)13-28-16-4-2-3-14(21)11-16/h2-6,11-12H,7-10,13H2,1H3,(H,22,24). The van der Waals surface area contributed by atoms with Gasteiger partial charge in [0.1, 0.15) is 5.75 Å². The van der Waals surface area contributed by atoms with Gasteiger partial charge in [-0.05, 0) is 36.4 Å². The van der Waals surface area contributed by atoms with E-state index < -0.39 is 11.9 Å². The topological polar surface area (TPSA) is 77.1 Å². The smallest absolute Gasteiger partial charge is 0.340 e. The van der Waals surface area contributed by atoms with Crippen molar-refractivity contribution in [3.63, 3.8) is 0 Å². The molecule has 0 radical (unpaired) electrons. The molecule has 148 valence electrons. The monoisotopic (exact) mass is 404 g/mol. The highest BCUT2D eigenvalue weighted by atomic mass is 35.5. The van der Waals surface area contributed by atoms with Crippen LogP contribution in [0.1, 0.15) is 10.4 Å². The molecule has 0 spiro atoms. The number of carbonyl (C=O) groups excluding carboxylic acids is 2. The number of halogens is 1. The summed E-state index contributed by atoms with van der Waals surface area (Å²) in [7, 11) is 1.30. The van der Waals surface area contributed by atoms with Crippen LogP contribution in [0.4, 0.5) is 11.4 Å². The van der Waals surface area contributed by atoms with E-state index in [1.54, 1.807) is 36.4 Å². The van der Waals surface area contributed by atoms with Crippen LogP contribution in [-0.4, -0.2) is 51.9 Å². The van der Waals surface area contributed by atoms with E-state index in [2.05, 4.69) is 10.2 Å². The molecular formula is C20H21ClN2O5. The van der Waals surface area contributed by atoms with Gasteiger partial charge in [0.15, 0.2) is 6.61 Å². The summed E-state index contributed by atoms with van der Waals surface area (Å²) in [6.45, 7) is 2.52. The Balaban J connectivity index is 1.70. The molecule has 2 aromatic carbocycles. The first-order chi connectivity index (χ1) is 13.6. The Bertz CT molecular complexity index is 852. The Morgan fingerprint density at radius 2 is 1.96 bits per heavy atom. The molecule has 1 aliphatic heterocycles. The molecule has 0 bridgehead atoms. The van der Waals surface area contributed by atoms with Gasteiger partial charge in [-0.15, -0.1) is 0 Å². The van der Waals surface area contributed by atoms with E-state index in [9.17, 15) is 9.59 Å². The summed E-state index contributed by atoms with van der Waals surface area (Å²) in [5, 5.41) is 3.22. The van der Waals surface area contributed by atoms with Crippen molar-refractivity contribution < 1.29 is 23.8 Å². The number of benzene rings is 2. The van der Waals surface area contributed by atoms with Crippen LogP contribution in [0.25, 0.3) is 0 Å². The molecule has 0 saturated carbocycles. The van der Waals surface area contributed by atoms with Gasteiger partial charge in [-0.2, -0.15) is 0 Å². The predicted octanol–water partition coefficient (Wildman–Crippen LogP) is 2.98. The van der Waals surface area contributed by atoms with Gasteiger partial charge in [0.2, 0.25) is 0 Å². The number of hydrogen-bond acceptors (Lipinski definition) is 6. The Labute approximate surface area is 168 Å². The zero-order valence-electron chi connectivity index (χ0n) is 15.4. The molecule has 0 aliphatic carbocycles. The summed E-state index contributed by atoms with van der Waals surface area (Å²) in [5.41, 5.74) is 1.52. The maximum atomic E-state index is 12.3. The number of ether oxygens (including phenoxy) is 3. The van der Waals surface area contributed by atoms with E-state index >= 15 is 0 Å². The number of nitrogens with zero attached hydrogens (tertiary/aromatic N) is 1. The number of amides is 1. The minimum atomic E-state index is -0.527. The van der Waals surface area contributed by atoms with Crippen molar-refractivity contribution in [3.05, 3.63) is 53.1 Å². The molecule has 1 saturated heterocycles. The third kappa shape index (κ3) is 5.15. The number of nitrogens with one attached hydrogen (secondary N) is 1. The van der Waals surface area contributed by atoms with Gasteiger partial charge in [0.25, 0.3) is 5.91 Å². The molecule has 7 nitrogen and oxygen atoms in total. The van der Waals surface area contributed by atoms with Gasteiger partial charge in [-0.3, -0.25) is 4.79 Å². The van der Waals surface area contributed by atoms with Crippen LogP contribution in [0.3, 0.4) is 0 Å². The molecule has 28 heavy (non-hydrogen) atoms. The summed E-state index contributed by atoms with van der Waals surface area (Å²) in [6.07, 6.45) is 0. The minimum Gasteiger partial charge on any atom is -0.484 e. The summed E-state index contributed by atoms with van der Waals surface area (Å²) < 4.78 is 15.7. The first-order valence-corrected chi connectivity index (χ1v) is 9.18. The fourth-order valence-corrected chi connectivity index (χ4v) is 3.01. The second-order valence-corrected chi connectivity index (χ2v) is 6.55. The lowest BCUT2D eigenvalue weighted by Gasteiger charge is -2.29. The summed E-state index contributed by atoms with van der Waals surface area (Å²) in [6, 6.07) is 12.0. The maximum Gasteiger partial charge on any atom is 0.340 e. The van der Waals surface area contributed by atoms with Crippen LogP contribution in [-0.2, 0) is 14.3 Å². The second-order valence-electron chi connectivity index (χ2n) is 6.12. The molecular weight excluding hydrogens is 384 g/mol. The highest BCUT2D eigenvalue weighted by molar-refractivity contribution is 6.30. The number of esters is 1. The lowest BCUT2D eigenvalue weighted by molar-refractivity contribution is -0.118. The van der Waals surface area contributed by atoms with Crippen LogP contribution < -0.4 is 15.0 Å². The summed E-state index contributed by atoms with van der Waals surface area (Å²) in [5.74, 6) is -0.441. The van der Waals surface area contributed by atoms with Crippen LogP contribution >= 0.6 is 11.6 Å². The van der Waals surface area contributed by atoms with E-state index in [1.165, 1.54) is 7.11 Å². The van der Waals surface area contributed by atoms with Crippen LogP contribution in [0.15, 0.2) is 42.5 Å². The molecule has 2 aromatic rings. The Hall–Kier alpha value is -2.77. The van der Waals surface area contributed by atoms with E-state index in [0.29, 0.717) is 29.7 Å². The first-order valence-electron chi connectivity index (χ1n) is 8.80. The molecule has 0 aromatic heterocycles. The lowest BCUT2D eigenvalue weighted by atomic mass is 10.1. The second kappa shape index (κ2) is 9.43. The van der Waals surface area contributed by atoms with Crippen LogP contribution in [0, 0.1) is 0 Å². The molecule has 0 atom stereocenters. The predicted molar refractivity (Wildman–Crippen MR) is 106 cm³/mol. The molecule has 1 fully saturated rings. The Kier molecular flexibility index (Phi) is 6.73. The maximum absolute atomic E-state index is 12.3. The molecule has 1 amide bonds. The third-order valence-electron chi connectivity index (χ3n) is 4.22. The average molecular weight is 405 g/mol. The Morgan fingerprint density at radius 3 is 2.68 bits per heavy atom. The zero-order valence-corrected chi connectivity index (χ0v) is 16.2. The number of morpholine rings is 1. The van der Waals surface area contributed by atoms with Crippen molar-refractivity contribution in [2.24, 2.45) is 0 Å². The fourth-order valence-electron chi connectivity index (χ4n) is 2.83. The molecule has 1 aliphatic rings. The number of methoxy groups -OCH3 is 1. The number of anilines is 2. The van der Waals surface area contributed by atoms with Crippen molar-refractivity contribution in [2.75, 3.05) is 50.2 Å². The van der Waals surface area contributed by atoms with Gasteiger partial charge >= 0.3 is 5.97 Å². The van der Waals surface area contributed by atoms with Crippen molar-refractivity contribution in [1.29, 1.82) is 0 Å². The van der Waals surface area contributed by atoms with Crippen LogP contribution in [0.2, 0.25) is 5.02 Å². The number of hydrogen-bond donors (Lipinski definition) is 1. The zero-order chi connectivity index (χ0) is 19.9. The molecule has 1 heterocycles. The van der Waals surface area contributed by atoms with E-state index in [4.69, 9.17) is 25.8 Å². The van der Waals surface area contributed by atoms with Crippen molar-refractivity contribution in [2.45, 2.75) is 0 Å². The summed E-state index contributed by atoms with van der Waals surface area (Å²) >= 11 is 5.90. The molecule has 0 unspecified atom stereocenters. The lowest BCUT2D eigenvalue weighted by Crippen LogP contribution is -2.36. The Morgan fingerprint density at radius 1 is 1.18 bits per heavy atom. The molecule has 8 heteroatoms. The van der Waals surface area contributed by atoms with E-state index in [0.717, 1.165) is 18.8 Å². The summed E-state index contributed by atoms with van der Waals surface area (Å²) in [4.78, 5) is 26.6. The average Bonchev–Trinajstić information content (AvgIpc) is 2.72. The highest BCUT2D eigenvalue weighted by Crippen LogP contribution is 2.25. The SMILES string of the molecule is COC(=O)c1cc(N2CCOCC2)ccc1NC(=O)COc1cccc(Cl)c1. The van der Waals surface area contributed by atoms with Crippen molar-refractivity contribution in [1.82, 2.24) is 0 Å². The molecule has 3 rings (SSSR count). The minimum absolute atomic E-state index is 0.216. The van der Waals surface area contributed by atoms with Gasteiger partial charge in [0.05, 0.1) is 31.6 Å². The number of rotatable bonds is 6. The molecule has 1 N–H and O–H groups in total. The van der Waals surface area contributed by atoms with E-state index in [-0.39, 0.29) is 12.2 Å². The van der Waals surface area contributed by atoms with Crippen LogP contribution in [0.5, 0.6) is 5.75 Å². The normalized spacial score (nSPS) is 13.7. The highest BCUT2D eigenvalue weighted by Gasteiger charge is 2.18. The first kappa shape index (κ1) is 20.0.